The van der Waals surface area contributed by atoms with Gasteiger partial charge in [-0.3, -0.25) is 4.79 Å². The Balaban J connectivity index is 2.50. The number of ether oxygens (including phenoxy) is 2. The molecule has 0 aromatic rings. The molecule has 1 rings (SSSR count). The molecule has 0 fully saturated rings. The van der Waals surface area contributed by atoms with Crippen molar-refractivity contribution >= 4 is 5.97 Å². The molecule has 0 heterocycles. The van der Waals surface area contributed by atoms with Crippen molar-refractivity contribution in [3.8, 4) is 0 Å². The molecule has 88 valence electrons. The molecule has 0 aromatic heterocycles. The zero-order valence-corrected chi connectivity index (χ0v) is 9.86. The monoisotopic (exact) mass is 222 g/mol. The molecule has 0 aromatic carbocycles. The average Bonchev–Trinajstić information content (AvgIpc) is 2.52. The van der Waals surface area contributed by atoms with E-state index in [1.807, 2.05) is 25.2 Å². The predicted molar refractivity (Wildman–Crippen MR) is 62.8 cm³/mol. The highest BCUT2D eigenvalue weighted by molar-refractivity contribution is 5.69. The molecule has 0 unspecified atom stereocenters. The molecule has 0 bridgehead atoms. The van der Waals surface area contributed by atoms with Crippen LogP contribution in [-0.2, 0) is 14.3 Å². The molecule has 3 nitrogen and oxygen atoms in total. The van der Waals surface area contributed by atoms with Gasteiger partial charge in [-0.25, -0.2) is 0 Å². The van der Waals surface area contributed by atoms with Gasteiger partial charge in [0.2, 0.25) is 0 Å². The number of esters is 1. The largest absolute Gasteiger partial charge is 0.494 e. The number of hydrogen-bond donors (Lipinski definition) is 0. The van der Waals surface area contributed by atoms with Crippen LogP contribution >= 0.6 is 0 Å². The van der Waals surface area contributed by atoms with Gasteiger partial charge in [0, 0.05) is 6.42 Å². The molecule has 0 aliphatic heterocycles. The number of hydrogen-bond acceptors (Lipinski definition) is 3. The van der Waals surface area contributed by atoms with Crippen LogP contribution in [0.15, 0.2) is 35.6 Å². The molecule has 0 amide bonds. The minimum atomic E-state index is -0.164. The van der Waals surface area contributed by atoms with Crippen LogP contribution in [0.2, 0.25) is 0 Å². The molecule has 0 saturated carbocycles. The molecule has 1 aliphatic carbocycles. The summed E-state index contributed by atoms with van der Waals surface area (Å²) in [6.45, 7) is 2.63. The fraction of sp³-hybridized carbons (Fsp3) is 0.462. The fourth-order valence-corrected chi connectivity index (χ4v) is 1.46. The van der Waals surface area contributed by atoms with Crippen LogP contribution in [0.5, 0.6) is 0 Å². The first kappa shape index (κ1) is 12.6. The lowest BCUT2D eigenvalue weighted by Crippen LogP contribution is -2.00. The second kappa shape index (κ2) is 6.88. The molecule has 1 aliphatic rings. The molecule has 0 spiro atoms. The van der Waals surface area contributed by atoms with E-state index in [0.717, 1.165) is 18.6 Å². The first-order chi connectivity index (χ1) is 7.76. The Morgan fingerprint density at radius 2 is 2.25 bits per heavy atom. The van der Waals surface area contributed by atoms with E-state index >= 15 is 0 Å². The first-order valence-corrected chi connectivity index (χ1v) is 5.52. The molecular formula is C13H18O3. The van der Waals surface area contributed by atoms with Gasteiger partial charge in [-0.2, -0.15) is 0 Å². The maximum atomic E-state index is 11.0. The van der Waals surface area contributed by atoms with Gasteiger partial charge in [0.1, 0.15) is 5.76 Å². The molecule has 16 heavy (non-hydrogen) atoms. The fourth-order valence-electron chi connectivity index (χ4n) is 1.46. The summed E-state index contributed by atoms with van der Waals surface area (Å²) in [5.41, 5.74) is 1.22. The van der Waals surface area contributed by atoms with Crippen LogP contribution in [0, 0.1) is 0 Å². The van der Waals surface area contributed by atoms with E-state index in [4.69, 9.17) is 4.74 Å². The van der Waals surface area contributed by atoms with Crippen molar-refractivity contribution in [2.45, 2.75) is 26.2 Å². The van der Waals surface area contributed by atoms with E-state index in [1.54, 1.807) is 0 Å². The van der Waals surface area contributed by atoms with Crippen molar-refractivity contribution in [3.05, 3.63) is 35.6 Å². The zero-order valence-electron chi connectivity index (χ0n) is 9.86. The maximum Gasteiger partial charge on any atom is 0.305 e. The lowest BCUT2D eigenvalue weighted by Gasteiger charge is -2.01. The van der Waals surface area contributed by atoms with Crippen LogP contribution in [0.25, 0.3) is 0 Å². The lowest BCUT2D eigenvalue weighted by molar-refractivity contribution is -0.140. The van der Waals surface area contributed by atoms with Gasteiger partial charge >= 0.3 is 5.97 Å². The number of rotatable bonds is 5. The summed E-state index contributed by atoms with van der Waals surface area (Å²) in [7, 11) is 1.41. The van der Waals surface area contributed by atoms with E-state index in [0.29, 0.717) is 13.0 Å². The van der Waals surface area contributed by atoms with Crippen LogP contribution in [0.3, 0.4) is 0 Å². The van der Waals surface area contributed by atoms with Crippen molar-refractivity contribution in [2.24, 2.45) is 0 Å². The number of allylic oxidation sites excluding steroid dienone is 5. The second-order valence-electron chi connectivity index (χ2n) is 3.51. The Bertz CT molecular complexity index is 324. The molecule has 0 radical (unpaired) electrons. The maximum absolute atomic E-state index is 11.0. The normalized spacial score (nSPS) is 14.9. The van der Waals surface area contributed by atoms with Crippen LogP contribution < -0.4 is 0 Å². The van der Waals surface area contributed by atoms with Gasteiger partial charge < -0.3 is 9.47 Å². The van der Waals surface area contributed by atoms with Gasteiger partial charge in [-0.1, -0.05) is 17.7 Å². The van der Waals surface area contributed by atoms with Crippen molar-refractivity contribution in [3.63, 3.8) is 0 Å². The summed E-state index contributed by atoms with van der Waals surface area (Å²) in [5.74, 6) is 0.707. The van der Waals surface area contributed by atoms with Crippen LogP contribution in [-0.4, -0.2) is 19.7 Å². The Hall–Kier alpha value is -1.51. The van der Waals surface area contributed by atoms with Gasteiger partial charge in [0.15, 0.2) is 0 Å². The third kappa shape index (κ3) is 4.34. The third-order valence-corrected chi connectivity index (χ3v) is 2.33. The third-order valence-electron chi connectivity index (χ3n) is 2.33. The minimum Gasteiger partial charge on any atom is -0.494 e. The van der Waals surface area contributed by atoms with E-state index < -0.39 is 0 Å². The van der Waals surface area contributed by atoms with Crippen LogP contribution in [0.1, 0.15) is 26.2 Å². The summed E-state index contributed by atoms with van der Waals surface area (Å²) in [6.07, 6.45) is 10.0. The number of carbonyl (C=O) groups is 1. The highest BCUT2D eigenvalue weighted by Crippen LogP contribution is 2.16. The Kier molecular flexibility index (Phi) is 5.40. The van der Waals surface area contributed by atoms with Crippen molar-refractivity contribution < 1.29 is 14.3 Å². The molecule has 3 heteroatoms. The van der Waals surface area contributed by atoms with Gasteiger partial charge in [-0.15, -0.1) is 0 Å². The summed E-state index contributed by atoms with van der Waals surface area (Å²) in [6, 6.07) is 0. The minimum absolute atomic E-state index is 0.164. The first-order valence-electron chi connectivity index (χ1n) is 5.52. The topological polar surface area (TPSA) is 35.5 Å². The standard InChI is InChI=1S/C13H18O3/c1-3-16-12-6-4-5-11(7-9-12)8-10-13(14)15-2/h4,6-7,9H,3,5,8,10H2,1-2H3. The van der Waals surface area contributed by atoms with Crippen LogP contribution in [0.4, 0.5) is 0 Å². The van der Waals surface area contributed by atoms with Crippen molar-refractivity contribution in [2.75, 3.05) is 13.7 Å². The quantitative estimate of drug-likeness (QED) is 0.671. The van der Waals surface area contributed by atoms with E-state index in [2.05, 4.69) is 10.8 Å². The zero-order chi connectivity index (χ0) is 11.8. The highest BCUT2D eigenvalue weighted by Gasteiger charge is 2.04. The molecular weight excluding hydrogens is 204 g/mol. The highest BCUT2D eigenvalue weighted by atomic mass is 16.5. The SMILES string of the molecule is CCOC1=CC=C(CCC(=O)OC)CC=C1. The summed E-state index contributed by atoms with van der Waals surface area (Å²) in [5, 5.41) is 0. The van der Waals surface area contributed by atoms with E-state index in [1.165, 1.54) is 12.7 Å². The van der Waals surface area contributed by atoms with Gasteiger partial charge in [0.25, 0.3) is 0 Å². The summed E-state index contributed by atoms with van der Waals surface area (Å²) < 4.78 is 10.0. The Labute approximate surface area is 96.4 Å². The summed E-state index contributed by atoms with van der Waals surface area (Å²) >= 11 is 0. The van der Waals surface area contributed by atoms with Gasteiger partial charge in [0.05, 0.1) is 13.7 Å². The van der Waals surface area contributed by atoms with Crippen molar-refractivity contribution in [1.82, 2.24) is 0 Å². The van der Waals surface area contributed by atoms with E-state index in [9.17, 15) is 4.79 Å². The Morgan fingerprint density at radius 1 is 1.44 bits per heavy atom. The summed E-state index contributed by atoms with van der Waals surface area (Å²) in [4.78, 5) is 11.0. The van der Waals surface area contributed by atoms with E-state index in [-0.39, 0.29) is 5.97 Å². The van der Waals surface area contributed by atoms with Crippen molar-refractivity contribution in [1.29, 1.82) is 0 Å². The predicted octanol–water partition coefficient (Wildman–Crippen LogP) is 2.75. The lowest BCUT2D eigenvalue weighted by atomic mass is 10.1. The smallest absolute Gasteiger partial charge is 0.305 e. The second-order valence-corrected chi connectivity index (χ2v) is 3.51. The average molecular weight is 222 g/mol. The van der Waals surface area contributed by atoms with Gasteiger partial charge in [-0.05, 0) is 31.9 Å². The Morgan fingerprint density at radius 3 is 2.94 bits per heavy atom. The molecule has 0 atom stereocenters. The number of carbonyl (C=O) groups excluding carboxylic acids is 1. The molecule has 0 N–H and O–H groups in total. The number of methoxy groups -OCH3 is 1. The molecule has 0 saturated heterocycles.